The Labute approximate surface area is 208 Å². The number of anilines is 2. The van der Waals surface area contributed by atoms with Gasteiger partial charge >= 0.3 is 12.1 Å². The molecule has 0 aliphatic heterocycles. The number of carbonyl (C=O) groups is 2. The van der Waals surface area contributed by atoms with Gasteiger partial charge in [-0.2, -0.15) is 0 Å². The normalized spacial score (nSPS) is 20.6. The van der Waals surface area contributed by atoms with Gasteiger partial charge in [-0.1, -0.05) is 20.8 Å². The Kier molecular flexibility index (Phi) is 7.76. The average Bonchev–Trinajstić information content (AvgIpc) is 2.77. The molecule has 1 fully saturated rings. The molecule has 0 heterocycles. The number of non-ortho nitro benzene ring substituents is 2. The van der Waals surface area contributed by atoms with Crippen molar-refractivity contribution in [2.45, 2.75) is 46.1 Å². The first kappa shape index (κ1) is 26.4. The van der Waals surface area contributed by atoms with Crippen molar-refractivity contribution >= 4 is 34.8 Å². The maximum Gasteiger partial charge on any atom is 0.319 e. The summed E-state index contributed by atoms with van der Waals surface area (Å²) < 4.78 is 0. The lowest BCUT2D eigenvalue weighted by Crippen LogP contribution is -2.51. The van der Waals surface area contributed by atoms with Gasteiger partial charge in [-0.25, -0.2) is 9.59 Å². The number of rotatable bonds is 7. The number of nitrogens with zero attached hydrogens (tertiary/aromatic N) is 2. The van der Waals surface area contributed by atoms with E-state index in [2.05, 4.69) is 42.0 Å². The molecular formula is C24H30N6O6. The number of carbonyl (C=O) groups excluding carboxylic acids is 2. The Morgan fingerprint density at radius 3 is 1.78 bits per heavy atom. The van der Waals surface area contributed by atoms with Crippen LogP contribution in [-0.2, 0) is 0 Å². The first-order valence-corrected chi connectivity index (χ1v) is 11.5. The predicted molar refractivity (Wildman–Crippen MR) is 135 cm³/mol. The minimum absolute atomic E-state index is 0.0594. The summed E-state index contributed by atoms with van der Waals surface area (Å²) in [6, 6.07) is 10.2. The van der Waals surface area contributed by atoms with Crippen LogP contribution in [0.15, 0.2) is 48.5 Å². The summed E-state index contributed by atoms with van der Waals surface area (Å²) in [5, 5.41) is 32.8. The van der Waals surface area contributed by atoms with E-state index in [-0.39, 0.29) is 28.2 Å². The summed E-state index contributed by atoms with van der Waals surface area (Å²) in [6.45, 7) is 6.66. The fourth-order valence-corrected chi connectivity index (χ4v) is 5.02. The van der Waals surface area contributed by atoms with E-state index in [1.54, 1.807) is 0 Å². The third-order valence-electron chi connectivity index (χ3n) is 6.13. The van der Waals surface area contributed by atoms with Crippen molar-refractivity contribution < 1.29 is 19.4 Å². The molecule has 1 aliphatic carbocycles. The largest absolute Gasteiger partial charge is 0.337 e. The van der Waals surface area contributed by atoms with Gasteiger partial charge in [0, 0.05) is 48.2 Å². The van der Waals surface area contributed by atoms with Crippen LogP contribution in [0.25, 0.3) is 0 Å². The number of hydrogen-bond acceptors (Lipinski definition) is 6. The molecule has 1 saturated carbocycles. The van der Waals surface area contributed by atoms with E-state index in [9.17, 15) is 29.8 Å². The Bertz CT molecular complexity index is 1130. The van der Waals surface area contributed by atoms with Crippen LogP contribution in [0.1, 0.15) is 40.0 Å². The molecule has 2 aromatic carbocycles. The number of benzene rings is 2. The Hall–Kier alpha value is -4.22. The molecule has 0 unspecified atom stereocenters. The third kappa shape index (κ3) is 7.39. The molecule has 0 bridgehead atoms. The van der Waals surface area contributed by atoms with E-state index in [4.69, 9.17) is 0 Å². The SMILES string of the molecule is CC1(C)C[C@H](NC(=O)Nc2ccc([N+](=O)[O-])cc2)C[C@@](C)(CNC(=O)Nc2ccc([N+](=O)[O-])cc2)C1. The second-order valence-electron chi connectivity index (χ2n) is 10.3. The highest BCUT2D eigenvalue weighted by molar-refractivity contribution is 5.90. The van der Waals surface area contributed by atoms with Crippen LogP contribution in [-0.4, -0.2) is 34.5 Å². The molecule has 0 spiro atoms. The molecule has 0 saturated heterocycles. The monoisotopic (exact) mass is 498 g/mol. The van der Waals surface area contributed by atoms with E-state index in [0.29, 0.717) is 24.3 Å². The number of nitro benzene ring substituents is 2. The Morgan fingerprint density at radius 2 is 1.31 bits per heavy atom. The number of nitro groups is 2. The second kappa shape index (κ2) is 10.6. The van der Waals surface area contributed by atoms with Gasteiger partial charge in [0.15, 0.2) is 0 Å². The number of hydrogen-bond donors (Lipinski definition) is 4. The second-order valence-corrected chi connectivity index (χ2v) is 10.3. The standard InChI is InChI=1S/C24H30N6O6/c1-23(2)12-18(28-22(32)27-17-6-10-20(11-7-17)30(35)36)13-24(3,14-23)15-25-21(31)26-16-4-8-19(9-5-16)29(33)34/h4-11,18H,12-15H2,1-3H3,(H2,25,26,31)(H2,27,28,32)/t18-,24+/m0/s1. The molecule has 0 aromatic heterocycles. The number of amides is 4. The van der Waals surface area contributed by atoms with Crippen molar-refractivity contribution in [3.05, 3.63) is 68.8 Å². The van der Waals surface area contributed by atoms with Crippen molar-refractivity contribution in [2.75, 3.05) is 17.2 Å². The van der Waals surface area contributed by atoms with Crippen LogP contribution in [0, 0.1) is 31.1 Å². The summed E-state index contributed by atoms with van der Waals surface area (Å²) in [7, 11) is 0. The minimum atomic E-state index is -0.508. The highest BCUT2D eigenvalue weighted by atomic mass is 16.6. The van der Waals surface area contributed by atoms with E-state index < -0.39 is 21.9 Å². The molecule has 0 radical (unpaired) electrons. The van der Waals surface area contributed by atoms with Crippen LogP contribution < -0.4 is 21.3 Å². The van der Waals surface area contributed by atoms with Gasteiger partial charge in [-0.05, 0) is 54.4 Å². The molecule has 12 heteroatoms. The van der Waals surface area contributed by atoms with E-state index in [1.165, 1.54) is 48.5 Å². The molecule has 4 amide bonds. The van der Waals surface area contributed by atoms with Crippen molar-refractivity contribution in [3.8, 4) is 0 Å². The van der Waals surface area contributed by atoms with E-state index >= 15 is 0 Å². The van der Waals surface area contributed by atoms with Crippen molar-refractivity contribution in [1.82, 2.24) is 10.6 Å². The summed E-state index contributed by atoms with van der Waals surface area (Å²) in [4.78, 5) is 45.6. The molecule has 2 atom stereocenters. The summed E-state index contributed by atoms with van der Waals surface area (Å²) in [6.07, 6.45) is 2.23. The van der Waals surface area contributed by atoms with Gasteiger partial charge in [-0.15, -0.1) is 0 Å². The number of urea groups is 2. The zero-order chi connectivity index (χ0) is 26.5. The maximum atomic E-state index is 12.6. The summed E-state index contributed by atoms with van der Waals surface area (Å²) in [5.41, 5.74) is 0.384. The first-order valence-electron chi connectivity index (χ1n) is 11.5. The van der Waals surface area contributed by atoms with Crippen molar-refractivity contribution in [3.63, 3.8) is 0 Å². The van der Waals surface area contributed by atoms with Crippen LogP contribution in [0.3, 0.4) is 0 Å². The van der Waals surface area contributed by atoms with Gasteiger partial charge in [-0.3, -0.25) is 20.2 Å². The quantitative estimate of drug-likeness (QED) is 0.308. The highest BCUT2D eigenvalue weighted by Gasteiger charge is 2.41. The topological polar surface area (TPSA) is 169 Å². The lowest BCUT2D eigenvalue weighted by Gasteiger charge is -2.46. The van der Waals surface area contributed by atoms with Crippen LogP contribution in [0.2, 0.25) is 0 Å². The summed E-state index contributed by atoms with van der Waals surface area (Å²) in [5.74, 6) is 0. The van der Waals surface area contributed by atoms with Gasteiger partial charge in [0.25, 0.3) is 11.4 Å². The first-order chi connectivity index (χ1) is 16.8. The number of nitrogens with one attached hydrogen (secondary N) is 4. The smallest absolute Gasteiger partial charge is 0.319 e. The molecule has 12 nitrogen and oxygen atoms in total. The van der Waals surface area contributed by atoms with Crippen LogP contribution in [0.4, 0.5) is 32.3 Å². The molecule has 2 aromatic rings. The van der Waals surface area contributed by atoms with Crippen LogP contribution in [0.5, 0.6) is 0 Å². The van der Waals surface area contributed by atoms with Gasteiger partial charge in [0.2, 0.25) is 0 Å². The lowest BCUT2D eigenvalue weighted by molar-refractivity contribution is -0.385. The molecule has 4 N–H and O–H groups in total. The predicted octanol–water partition coefficient (Wildman–Crippen LogP) is 5.03. The lowest BCUT2D eigenvalue weighted by atomic mass is 9.62. The zero-order valence-electron chi connectivity index (χ0n) is 20.4. The average molecular weight is 499 g/mol. The Balaban J connectivity index is 1.55. The zero-order valence-corrected chi connectivity index (χ0v) is 20.4. The molecular weight excluding hydrogens is 468 g/mol. The van der Waals surface area contributed by atoms with Crippen LogP contribution >= 0.6 is 0 Å². The van der Waals surface area contributed by atoms with Crippen molar-refractivity contribution in [2.24, 2.45) is 10.8 Å². The fourth-order valence-electron chi connectivity index (χ4n) is 5.02. The van der Waals surface area contributed by atoms with E-state index in [1.807, 2.05) is 0 Å². The minimum Gasteiger partial charge on any atom is -0.337 e. The molecule has 3 rings (SSSR count). The molecule has 1 aliphatic rings. The Morgan fingerprint density at radius 1 is 0.833 bits per heavy atom. The van der Waals surface area contributed by atoms with Crippen molar-refractivity contribution in [1.29, 1.82) is 0 Å². The summed E-state index contributed by atoms with van der Waals surface area (Å²) >= 11 is 0. The van der Waals surface area contributed by atoms with Gasteiger partial charge in [0.1, 0.15) is 0 Å². The maximum absolute atomic E-state index is 12.6. The highest BCUT2D eigenvalue weighted by Crippen LogP contribution is 2.45. The van der Waals surface area contributed by atoms with Gasteiger partial charge in [0.05, 0.1) is 9.85 Å². The molecule has 36 heavy (non-hydrogen) atoms. The molecule has 192 valence electrons. The fraction of sp³-hybridized carbons (Fsp3) is 0.417. The van der Waals surface area contributed by atoms with E-state index in [0.717, 1.165) is 12.8 Å². The third-order valence-corrected chi connectivity index (χ3v) is 6.13. The van der Waals surface area contributed by atoms with Gasteiger partial charge < -0.3 is 21.3 Å².